The Kier molecular flexibility index (Phi) is 7.12. The van der Waals surface area contributed by atoms with E-state index in [0.29, 0.717) is 44.9 Å². The van der Waals surface area contributed by atoms with E-state index in [1.165, 1.54) is 19.1 Å². The van der Waals surface area contributed by atoms with Gasteiger partial charge in [0.15, 0.2) is 5.76 Å². The molecule has 1 saturated carbocycles. The number of amides is 3. The molecule has 3 amide bonds. The number of carbonyl (C=O) groups excluding carboxylic acids is 3. The lowest BCUT2D eigenvalue weighted by atomic mass is 10.1. The summed E-state index contributed by atoms with van der Waals surface area (Å²) < 4.78 is 5.17. The van der Waals surface area contributed by atoms with Gasteiger partial charge in [0.1, 0.15) is 0 Å². The monoisotopic (exact) mass is 389 g/mol. The first kappa shape index (κ1) is 20.4. The number of rotatable bonds is 5. The molecule has 1 aromatic rings. The molecule has 0 bridgehead atoms. The van der Waals surface area contributed by atoms with Crippen molar-refractivity contribution in [2.75, 3.05) is 32.7 Å². The van der Waals surface area contributed by atoms with Gasteiger partial charge in [-0.15, -0.1) is 0 Å². The highest BCUT2D eigenvalue weighted by Gasteiger charge is 2.27. The van der Waals surface area contributed by atoms with Crippen molar-refractivity contribution in [3.63, 3.8) is 0 Å². The van der Waals surface area contributed by atoms with Crippen LogP contribution in [0.1, 0.15) is 62.4 Å². The third kappa shape index (κ3) is 5.14. The number of hydrogen-bond donors (Lipinski definition) is 0. The smallest absolute Gasteiger partial charge is 0.289 e. The summed E-state index contributed by atoms with van der Waals surface area (Å²) in [6.07, 6.45) is 8.72. The highest BCUT2D eigenvalue weighted by Crippen LogP contribution is 2.22. The van der Waals surface area contributed by atoms with Gasteiger partial charge >= 0.3 is 0 Å². The van der Waals surface area contributed by atoms with Crippen molar-refractivity contribution >= 4 is 17.7 Å². The molecule has 1 aromatic heterocycles. The second-order valence-corrected chi connectivity index (χ2v) is 7.76. The van der Waals surface area contributed by atoms with Crippen LogP contribution in [-0.2, 0) is 9.59 Å². The van der Waals surface area contributed by atoms with Crippen LogP contribution >= 0.6 is 0 Å². The summed E-state index contributed by atoms with van der Waals surface area (Å²) in [5, 5.41) is 0. The topological polar surface area (TPSA) is 74.1 Å². The van der Waals surface area contributed by atoms with Gasteiger partial charge in [-0.1, -0.05) is 25.7 Å². The zero-order valence-corrected chi connectivity index (χ0v) is 16.8. The highest BCUT2D eigenvalue weighted by atomic mass is 16.3. The second kappa shape index (κ2) is 9.75. The number of piperazine rings is 1. The minimum absolute atomic E-state index is 0.0602. The third-order valence-corrected chi connectivity index (χ3v) is 5.89. The summed E-state index contributed by atoms with van der Waals surface area (Å²) in [6.45, 7) is 4.15. The first-order valence-electron chi connectivity index (χ1n) is 10.4. The zero-order chi connectivity index (χ0) is 19.9. The molecule has 1 aliphatic heterocycles. The molecule has 1 aliphatic carbocycles. The summed E-state index contributed by atoms with van der Waals surface area (Å²) in [6, 6.07) is 3.63. The van der Waals surface area contributed by atoms with E-state index in [4.69, 9.17) is 4.42 Å². The molecule has 2 fully saturated rings. The van der Waals surface area contributed by atoms with Crippen molar-refractivity contribution in [2.45, 2.75) is 57.9 Å². The maximum atomic E-state index is 12.6. The Hall–Kier alpha value is -2.31. The van der Waals surface area contributed by atoms with Crippen LogP contribution in [0, 0.1) is 0 Å². The quantitative estimate of drug-likeness (QED) is 0.726. The molecule has 0 unspecified atom stereocenters. The van der Waals surface area contributed by atoms with Gasteiger partial charge < -0.3 is 19.1 Å². The first-order chi connectivity index (χ1) is 13.6. The summed E-state index contributed by atoms with van der Waals surface area (Å²) >= 11 is 0. The van der Waals surface area contributed by atoms with Crippen LogP contribution in [0.15, 0.2) is 22.8 Å². The number of nitrogens with zero attached hydrogens (tertiary/aromatic N) is 3. The minimum atomic E-state index is -0.131. The Morgan fingerprint density at radius 3 is 2.25 bits per heavy atom. The fraction of sp³-hybridized carbons (Fsp3) is 0.667. The molecule has 0 aromatic carbocycles. The van der Waals surface area contributed by atoms with Gasteiger partial charge in [-0.05, 0) is 25.0 Å². The van der Waals surface area contributed by atoms with E-state index in [9.17, 15) is 14.4 Å². The summed E-state index contributed by atoms with van der Waals surface area (Å²) in [5.41, 5.74) is 0. The lowest BCUT2D eigenvalue weighted by Crippen LogP contribution is -2.51. The van der Waals surface area contributed by atoms with E-state index in [0.717, 1.165) is 25.7 Å². The van der Waals surface area contributed by atoms with Crippen molar-refractivity contribution in [3.8, 4) is 0 Å². The van der Waals surface area contributed by atoms with E-state index < -0.39 is 0 Å². The molecule has 3 rings (SSSR count). The van der Waals surface area contributed by atoms with Gasteiger partial charge in [0.25, 0.3) is 5.91 Å². The lowest BCUT2D eigenvalue weighted by Gasteiger charge is -2.35. The maximum absolute atomic E-state index is 12.6. The fourth-order valence-electron chi connectivity index (χ4n) is 4.26. The van der Waals surface area contributed by atoms with Gasteiger partial charge in [0.2, 0.25) is 11.8 Å². The third-order valence-electron chi connectivity index (χ3n) is 5.89. The molecule has 0 N–H and O–H groups in total. The Balaban J connectivity index is 1.46. The van der Waals surface area contributed by atoms with E-state index in [-0.39, 0.29) is 23.8 Å². The van der Waals surface area contributed by atoms with Crippen LogP contribution in [0.2, 0.25) is 0 Å². The summed E-state index contributed by atoms with van der Waals surface area (Å²) in [7, 11) is 0. The maximum Gasteiger partial charge on any atom is 0.289 e. The van der Waals surface area contributed by atoms with E-state index in [1.807, 2.05) is 4.90 Å². The number of carbonyl (C=O) groups is 3. The first-order valence-corrected chi connectivity index (χ1v) is 10.4. The molecule has 7 nitrogen and oxygen atoms in total. The van der Waals surface area contributed by atoms with Gasteiger partial charge in [0, 0.05) is 52.1 Å². The number of hydrogen-bond acceptors (Lipinski definition) is 4. The van der Waals surface area contributed by atoms with Crippen molar-refractivity contribution < 1.29 is 18.8 Å². The molecule has 2 heterocycles. The van der Waals surface area contributed by atoms with Crippen molar-refractivity contribution in [3.05, 3.63) is 24.2 Å². The molecule has 7 heteroatoms. The molecule has 28 heavy (non-hydrogen) atoms. The molecule has 0 spiro atoms. The van der Waals surface area contributed by atoms with E-state index >= 15 is 0 Å². The van der Waals surface area contributed by atoms with Gasteiger partial charge in [0.05, 0.1) is 6.26 Å². The molecule has 2 aliphatic rings. The molecule has 154 valence electrons. The standard InChI is InChI=1S/C21H31N3O4/c1-17(25)24(18-7-4-2-3-5-8-18)11-10-20(26)22-12-14-23(15-13-22)21(27)19-9-6-16-28-19/h6,9,16,18H,2-5,7-8,10-15H2,1H3. The van der Waals surface area contributed by atoms with Crippen LogP contribution in [0.5, 0.6) is 0 Å². The van der Waals surface area contributed by atoms with Crippen LogP contribution in [0.25, 0.3) is 0 Å². The largest absolute Gasteiger partial charge is 0.459 e. The van der Waals surface area contributed by atoms with Gasteiger partial charge in [-0.3, -0.25) is 14.4 Å². The molecule has 1 saturated heterocycles. The molecule has 0 radical (unpaired) electrons. The lowest BCUT2D eigenvalue weighted by molar-refractivity contribution is -0.135. The Morgan fingerprint density at radius 1 is 1.04 bits per heavy atom. The van der Waals surface area contributed by atoms with Crippen molar-refractivity contribution in [2.24, 2.45) is 0 Å². The van der Waals surface area contributed by atoms with Crippen molar-refractivity contribution in [1.82, 2.24) is 14.7 Å². The summed E-state index contributed by atoms with van der Waals surface area (Å²) in [5.74, 6) is 0.326. The Labute approximate surface area is 166 Å². The predicted octanol–water partition coefficient (Wildman–Crippen LogP) is 2.53. The highest BCUT2D eigenvalue weighted by molar-refractivity contribution is 5.91. The normalized spacial score (nSPS) is 18.6. The summed E-state index contributed by atoms with van der Waals surface area (Å²) in [4.78, 5) is 42.5. The van der Waals surface area contributed by atoms with Crippen molar-refractivity contribution in [1.29, 1.82) is 0 Å². The number of furan rings is 1. The van der Waals surface area contributed by atoms with Crippen LogP contribution in [-0.4, -0.2) is 71.2 Å². The molecular weight excluding hydrogens is 358 g/mol. The predicted molar refractivity (Wildman–Crippen MR) is 105 cm³/mol. The Morgan fingerprint density at radius 2 is 1.68 bits per heavy atom. The van der Waals surface area contributed by atoms with Gasteiger partial charge in [-0.25, -0.2) is 0 Å². The zero-order valence-electron chi connectivity index (χ0n) is 16.8. The van der Waals surface area contributed by atoms with Gasteiger partial charge in [-0.2, -0.15) is 0 Å². The SMILES string of the molecule is CC(=O)N(CCC(=O)N1CCN(C(=O)c2ccco2)CC1)C1CCCCCC1. The van der Waals surface area contributed by atoms with Crippen LogP contribution in [0.4, 0.5) is 0 Å². The average Bonchev–Trinajstić information content (AvgIpc) is 3.11. The van der Waals surface area contributed by atoms with Crippen LogP contribution in [0.3, 0.4) is 0 Å². The van der Waals surface area contributed by atoms with E-state index in [2.05, 4.69) is 0 Å². The van der Waals surface area contributed by atoms with E-state index in [1.54, 1.807) is 28.9 Å². The Bertz CT molecular complexity index is 657. The van der Waals surface area contributed by atoms with Crippen LogP contribution < -0.4 is 0 Å². The second-order valence-electron chi connectivity index (χ2n) is 7.76. The average molecular weight is 389 g/mol. The molecule has 0 atom stereocenters. The molecular formula is C21H31N3O4. The minimum Gasteiger partial charge on any atom is -0.459 e. The fourth-order valence-corrected chi connectivity index (χ4v) is 4.26.